The van der Waals surface area contributed by atoms with Crippen molar-refractivity contribution < 1.29 is 22.9 Å². The number of fused-ring (bicyclic) bond motifs is 1. The molecule has 2 aromatic carbocycles. The van der Waals surface area contributed by atoms with Gasteiger partial charge in [0.1, 0.15) is 17.4 Å². The van der Waals surface area contributed by atoms with E-state index >= 15 is 0 Å². The van der Waals surface area contributed by atoms with Crippen LogP contribution in [0.4, 0.5) is 11.4 Å². The number of carbonyl (C=O) groups is 1. The van der Waals surface area contributed by atoms with Crippen molar-refractivity contribution in [3.63, 3.8) is 0 Å². The topological polar surface area (TPSA) is 119 Å². The third kappa shape index (κ3) is 5.11. The predicted octanol–water partition coefficient (Wildman–Crippen LogP) is 3.95. The Hall–Kier alpha value is -3.14. The number of ether oxygens (including phenoxy) is 1. The molecule has 10 heteroatoms. The molecule has 0 aromatic heterocycles. The van der Waals surface area contributed by atoms with E-state index in [1.165, 1.54) is 25.1 Å². The molecular formula is C23H29N3O6S. The lowest BCUT2D eigenvalue weighted by atomic mass is 9.83. The maximum absolute atomic E-state index is 13.3. The Balaban J connectivity index is 1.93. The van der Waals surface area contributed by atoms with Gasteiger partial charge in [-0.3, -0.25) is 19.2 Å². The van der Waals surface area contributed by atoms with Gasteiger partial charge >= 0.3 is 0 Å². The van der Waals surface area contributed by atoms with Crippen molar-refractivity contribution in [3.8, 4) is 5.75 Å². The minimum Gasteiger partial charge on any atom is -0.487 e. The minimum atomic E-state index is -3.91. The molecule has 1 aliphatic heterocycles. The number of benzene rings is 2. The lowest BCUT2D eigenvalue weighted by molar-refractivity contribution is -0.384. The zero-order valence-corrected chi connectivity index (χ0v) is 20.0. The summed E-state index contributed by atoms with van der Waals surface area (Å²) in [6.45, 7) is 5.53. The number of nitro benzene ring substituents is 1. The van der Waals surface area contributed by atoms with Crippen molar-refractivity contribution in [2.45, 2.75) is 57.7 Å². The van der Waals surface area contributed by atoms with Gasteiger partial charge in [0.15, 0.2) is 0 Å². The Morgan fingerprint density at radius 3 is 2.52 bits per heavy atom. The molecule has 0 fully saturated rings. The number of carbonyl (C=O) groups excluding carboxylic acids is 1. The SMILES string of the molecule is CCC1(CC)C[C@H](NC(=O)[C@@H](C)N(c2cccc([N+](=O)[O-])c2)S(C)(=O)=O)c2ccccc2O1. The minimum absolute atomic E-state index is 0.0539. The third-order valence-corrected chi connectivity index (χ3v) is 7.43. The van der Waals surface area contributed by atoms with E-state index in [-0.39, 0.29) is 17.4 Å². The number of nitrogens with one attached hydrogen (secondary N) is 1. The lowest BCUT2D eigenvalue weighted by Gasteiger charge is -2.42. The first-order chi connectivity index (χ1) is 15.5. The molecule has 1 N–H and O–H groups in total. The molecule has 2 aromatic rings. The van der Waals surface area contributed by atoms with Crippen LogP contribution in [-0.4, -0.2) is 37.1 Å². The first-order valence-electron chi connectivity index (χ1n) is 10.8. The monoisotopic (exact) mass is 475 g/mol. The summed E-state index contributed by atoms with van der Waals surface area (Å²) in [6, 6.07) is 11.2. The highest BCUT2D eigenvalue weighted by Crippen LogP contribution is 2.42. The number of hydrogen-bond donors (Lipinski definition) is 1. The molecular weight excluding hydrogens is 446 g/mol. The number of para-hydroxylation sites is 1. The van der Waals surface area contributed by atoms with Gasteiger partial charge < -0.3 is 10.1 Å². The first-order valence-corrected chi connectivity index (χ1v) is 12.7. The van der Waals surface area contributed by atoms with E-state index in [4.69, 9.17) is 4.74 Å². The van der Waals surface area contributed by atoms with E-state index in [9.17, 15) is 23.3 Å². The van der Waals surface area contributed by atoms with E-state index in [1.54, 1.807) is 0 Å². The smallest absolute Gasteiger partial charge is 0.271 e. The highest BCUT2D eigenvalue weighted by Gasteiger charge is 2.40. The third-order valence-electron chi connectivity index (χ3n) is 6.19. The summed E-state index contributed by atoms with van der Waals surface area (Å²) in [6.07, 6.45) is 3.02. The average Bonchev–Trinajstić information content (AvgIpc) is 2.78. The van der Waals surface area contributed by atoms with E-state index < -0.39 is 32.5 Å². The number of non-ortho nitro benzene ring substituents is 1. The van der Waals surface area contributed by atoms with Crippen molar-refractivity contribution in [1.82, 2.24) is 5.32 Å². The second-order valence-electron chi connectivity index (χ2n) is 8.31. The Kier molecular flexibility index (Phi) is 6.97. The number of anilines is 1. The van der Waals surface area contributed by atoms with Gasteiger partial charge in [0.25, 0.3) is 5.69 Å². The van der Waals surface area contributed by atoms with Crippen LogP contribution in [0.2, 0.25) is 0 Å². The van der Waals surface area contributed by atoms with Crippen molar-refractivity contribution in [3.05, 3.63) is 64.2 Å². The van der Waals surface area contributed by atoms with Gasteiger partial charge in [-0.2, -0.15) is 0 Å². The Morgan fingerprint density at radius 1 is 1.24 bits per heavy atom. The molecule has 2 atom stereocenters. The van der Waals surface area contributed by atoms with Gasteiger partial charge in [-0.15, -0.1) is 0 Å². The summed E-state index contributed by atoms with van der Waals surface area (Å²) in [5.74, 6) is 0.193. The molecule has 1 amide bonds. The lowest BCUT2D eigenvalue weighted by Crippen LogP contribution is -2.51. The van der Waals surface area contributed by atoms with Gasteiger partial charge in [0, 0.05) is 24.1 Å². The molecule has 0 spiro atoms. The fourth-order valence-electron chi connectivity index (χ4n) is 4.27. The Bertz CT molecular complexity index is 1150. The molecule has 0 saturated carbocycles. The maximum atomic E-state index is 13.3. The molecule has 33 heavy (non-hydrogen) atoms. The molecule has 0 aliphatic carbocycles. The van der Waals surface area contributed by atoms with Crippen molar-refractivity contribution in [2.24, 2.45) is 0 Å². The molecule has 1 aliphatic rings. The first kappa shape index (κ1) is 24.5. The van der Waals surface area contributed by atoms with Crippen LogP contribution in [0, 0.1) is 10.1 Å². The van der Waals surface area contributed by atoms with E-state index in [1.807, 2.05) is 38.1 Å². The van der Waals surface area contributed by atoms with E-state index in [2.05, 4.69) is 5.32 Å². The van der Waals surface area contributed by atoms with Gasteiger partial charge in [0.2, 0.25) is 15.9 Å². The van der Waals surface area contributed by atoms with Crippen LogP contribution in [0.3, 0.4) is 0 Å². The molecule has 0 bridgehead atoms. The molecule has 0 radical (unpaired) electrons. The van der Waals surface area contributed by atoms with Crippen molar-refractivity contribution >= 4 is 27.3 Å². The normalized spacial score (nSPS) is 17.9. The Labute approximate surface area is 193 Å². The molecule has 0 saturated heterocycles. The molecule has 9 nitrogen and oxygen atoms in total. The number of nitrogens with zero attached hydrogens (tertiary/aromatic N) is 2. The number of sulfonamides is 1. The number of hydrogen-bond acceptors (Lipinski definition) is 6. The van der Waals surface area contributed by atoms with Gasteiger partial charge in [-0.05, 0) is 31.9 Å². The van der Waals surface area contributed by atoms with Crippen LogP contribution in [0.15, 0.2) is 48.5 Å². The second-order valence-corrected chi connectivity index (χ2v) is 10.2. The van der Waals surface area contributed by atoms with Crippen LogP contribution < -0.4 is 14.4 Å². The van der Waals surface area contributed by atoms with Crippen LogP contribution in [-0.2, 0) is 14.8 Å². The molecule has 1 heterocycles. The summed E-state index contributed by atoms with van der Waals surface area (Å²) in [7, 11) is -3.91. The zero-order chi connectivity index (χ0) is 24.4. The molecule has 178 valence electrons. The summed E-state index contributed by atoms with van der Waals surface area (Å²) in [5.41, 5.74) is 0.185. The second kappa shape index (κ2) is 9.38. The summed E-state index contributed by atoms with van der Waals surface area (Å²) < 4.78 is 32.4. The van der Waals surface area contributed by atoms with Gasteiger partial charge in [-0.25, -0.2) is 8.42 Å². The van der Waals surface area contributed by atoms with Crippen molar-refractivity contribution in [2.75, 3.05) is 10.6 Å². The number of rotatable bonds is 8. The fraction of sp³-hybridized carbons (Fsp3) is 0.435. The highest BCUT2D eigenvalue weighted by atomic mass is 32.2. The number of amides is 1. The highest BCUT2D eigenvalue weighted by molar-refractivity contribution is 7.92. The average molecular weight is 476 g/mol. The van der Waals surface area contributed by atoms with Crippen LogP contribution in [0.25, 0.3) is 0 Å². The van der Waals surface area contributed by atoms with Gasteiger partial charge in [-0.1, -0.05) is 38.1 Å². The standard InChI is InChI=1S/C23H29N3O6S/c1-5-23(6-2)15-20(19-12-7-8-13-21(19)32-23)24-22(27)16(3)25(33(4,30)31)17-10-9-11-18(14-17)26(28)29/h7-14,16,20H,5-6,15H2,1-4H3,(H,24,27)/t16-,20+/m1/s1. The Morgan fingerprint density at radius 2 is 1.91 bits per heavy atom. The predicted molar refractivity (Wildman–Crippen MR) is 126 cm³/mol. The largest absolute Gasteiger partial charge is 0.487 e. The molecule has 0 unspecified atom stereocenters. The quantitative estimate of drug-likeness (QED) is 0.456. The summed E-state index contributed by atoms with van der Waals surface area (Å²) in [4.78, 5) is 23.9. The van der Waals surface area contributed by atoms with Gasteiger partial charge in [0.05, 0.1) is 22.9 Å². The zero-order valence-electron chi connectivity index (χ0n) is 19.1. The van der Waals surface area contributed by atoms with E-state index in [0.29, 0.717) is 12.2 Å². The van der Waals surface area contributed by atoms with Crippen molar-refractivity contribution in [1.29, 1.82) is 0 Å². The molecule has 3 rings (SSSR count). The van der Waals surface area contributed by atoms with Crippen LogP contribution in [0.5, 0.6) is 5.75 Å². The maximum Gasteiger partial charge on any atom is 0.271 e. The summed E-state index contributed by atoms with van der Waals surface area (Å²) >= 11 is 0. The van der Waals surface area contributed by atoms with Crippen LogP contribution in [0.1, 0.15) is 51.6 Å². The van der Waals surface area contributed by atoms with E-state index in [0.717, 1.165) is 35.0 Å². The number of nitro groups is 1. The summed E-state index contributed by atoms with van der Waals surface area (Å²) in [5, 5.41) is 14.2. The van der Waals surface area contributed by atoms with Crippen LogP contribution >= 0.6 is 0 Å². The fourth-order valence-corrected chi connectivity index (χ4v) is 5.44.